The molecule has 0 fully saturated rings. The zero-order valence-corrected chi connectivity index (χ0v) is 12.5. The van der Waals surface area contributed by atoms with Crippen LogP contribution in [0.3, 0.4) is 0 Å². The van der Waals surface area contributed by atoms with Gasteiger partial charge >= 0.3 is 11.9 Å². The van der Waals surface area contributed by atoms with Crippen LogP contribution in [0.1, 0.15) is 29.3 Å². The SMILES string of the molecule is C=CCCOC(C)C(=O)Oc1cc(C(=O)OC)ccc1C. The fourth-order valence-electron chi connectivity index (χ4n) is 1.54. The maximum atomic E-state index is 11.9. The lowest BCUT2D eigenvalue weighted by Gasteiger charge is -2.13. The molecular formula is C16H20O5. The van der Waals surface area contributed by atoms with E-state index in [1.54, 1.807) is 32.1 Å². The third-order valence-corrected chi connectivity index (χ3v) is 2.84. The second-order valence-electron chi connectivity index (χ2n) is 4.48. The smallest absolute Gasteiger partial charge is 0.340 e. The molecule has 1 aromatic carbocycles. The lowest BCUT2D eigenvalue weighted by molar-refractivity contribution is -0.146. The highest BCUT2D eigenvalue weighted by Gasteiger charge is 2.18. The van der Waals surface area contributed by atoms with Gasteiger partial charge in [-0.25, -0.2) is 9.59 Å². The highest BCUT2D eigenvalue weighted by atomic mass is 16.6. The Bertz CT molecular complexity index is 521. The summed E-state index contributed by atoms with van der Waals surface area (Å²) in [6, 6.07) is 4.79. The fourth-order valence-corrected chi connectivity index (χ4v) is 1.54. The molecule has 0 radical (unpaired) electrons. The van der Waals surface area contributed by atoms with Gasteiger partial charge in [-0.05, 0) is 38.0 Å². The van der Waals surface area contributed by atoms with Crippen molar-refractivity contribution < 1.29 is 23.8 Å². The van der Waals surface area contributed by atoms with Gasteiger partial charge in [0.1, 0.15) is 5.75 Å². The van der Waals surface area contributed by atoms with Gasteiger partial charge in [0.2, 0.25) is 0 Å². The first-order valence-corrected chi connectivity index (χ1v) is 6.62. The van der Waals surface area contributed by atoms with Gasteiger partial charge in [0.25, 0.3) is 0 Å². The van der Waals surface area contributed by atoms with Crippen LogP contribution in [0.5, 0.6) is 5.75 Å². The molecule has 0 saturated carbocycles. The number of carbonyl (C=O) groups is 2. The monoisotopic (exact) mass is 292 g/mol. The Labute approximate surface area is 124 Å². The third kappa shape index (κ3) is 5.04. The quantitative estimate of drug-likeness (QED) is 0.334. The number of esters is 2. The minimum Gasteiger partial charge on any atom is -0.465 e. The van der Waals surface area contributed by atoms with Gasteiger partial charge < -0.3 is 14.2 Å². The van der Waals surface area contributed by atoms with Crippen molar-refractivity contribution in [2.24, 2.45) is 0 Å². The lowest BCUT2D eigenvalue weighted by Crippen LogP contribution is -2.26. The molecule has 21 heavy (non-hydrogen) atoms. The third-order valence-electron chi connectivity index (χ3n) is 2.84. The van der Waals surface area contributed by atoms with E-state index in [1.807, 2.05) is 0 Å². The van der Waals surface area contributed by atoms with Crippen molar-refractivity contribution in [2.75, 3.05) is 13.7 Å². The van der Waals surface area contributed by atoms with Crippen LogP contribution in [-0.4, -0.2) is 31.8 Å². The summed E-state index contributed by atoms with van der Waals surface area (Å²) in [4.78, 5) is 23.4. The van der Waals surface area contributed by atoms with E-state index in [0.29, 0.717) is 24.3 Å². The van der Waals surface area contributed by atoms with Gasteiger partial charge in [0.05, 0.1) is 19.3 Å². The Morgan fingerprint density at radius 1 is 1.38 bits per heavy atom. The van der Waals surface area contributed by atoms with Crippen molar-refractivity contribution in [2.45, 2.75) is 26.4 Å². The van der Waals surface area contributed by atoms with E-state index in [9.17, 15) is 9.59 Å². The van der Waals surface area contributed by atoms with Crippen LogP contribution in [0.15, 0.2) is 30.9 Å². The molecule has 0 aliphatic rings. The van der Waals surface area contributed by atoms with E-state index < -0.39 is 18.0 Å². The molecule has 0 aliphatic heterocycles. The van der Waals surface area contributed by atoms with Crippen LogP contribution in [-0.2, 0) is 14.3 Å². The average molecular weight is 292 g/mol. The first kappa shape index (κ1) is 16.9. The molecule has 0 heterocycles. The Balaban J connectivity index is 2.74. The van der Waals surface area contributed by atoms with Gasteiger partial charge in [-0.15, -0.1) is 6.58 Å². The largest absolute Gasteiger partial charge is 0.465 e. The van der Waals surface area contributed by atoms with Crippen molar-refractivity contribution in [3.8, 4) is 5.75 Å². The molecule has 0 bridgehead atoms. The van der Waals surface area contributed by atoms with E-state index >= 15 is 0 Å². The van der Waals surface area contributed by atoms with Gasteiger partial charge in [-0.1, -0.05) is 12.1 Å². The highest BCUT2D eigenvalue weighted by Crippen LogP contribution is 2.21. The summed E-state index contributed by atoms with van der Waals surface area (Å²) in [5.74, 6) is -0.672. The zero-order valence-electron chi connectivity index (χ0n) is 12.5. The minimum absolute atomic E-state index is 0.321. The van der Waals surface area contributed by atoms with Gasteiger partial charge in [0, 0.05) is 0 Å². The molecule has 114 valence electrons. The van der Waals surface area contributed by atoms with Crippen LogP contribution in [0, 0.1) is 6.92 Å². The normalized spacial score (nSPS) is 11.6. The number of rotatable bonds is 7. The van der Waals surface area contributed by atoms with Gasteiger partial charge in [-0.3, -0.25) is 0 Å². The van der Waals surface area contributed by atoms with Crippen molar-refractivity contribution in [3.63, 3.8) is 0 Å². The van der Waals surface area contributed by atoms with Crippen LogP contribution in [0.25, 0.3) is 0 Å². The molecule has 1 aromatic rings. The minimum atomic E-state index is -0.689. The molecular weight excluding hydrogens is 272 g/mol. The second kappa shape index (κ2) is 8.21. The summed E-state index contributed by atoms with van der Waals surface area (Å²) < 4.78 is 15.2. The molecule has 0 aromatic heterocycles. The molecule has 5 heteroatoms. The number of aryl methyl sites for hydroxylation is 1. The number of benzene rings is 1. The van der Waals surface area contributed by atoms with E-state index in [4.69, 9.17) is 9.47 Å². The van der Waals surface area contributed by atoms with E-state index in [2.05, 4.69) is 11.3 Å². The lowest BCUT2D eigenvalue weighted by atomic mass is 10.1. The predicted molar refractivity (Wildman–Crippen MR) is 78.4 cm³/mol. The Morgan fingerprint density at radius 3 is 2.71 bits per heavy atom. The molecule has 0 aliphatic carbocycles. The Kier molecular flexibility index (Phi) is 6.62. The van der Waals surface area contributed by atoms with E-state index in [-0.39, 0.29) is 0 Å². The number of hydrogen-bond acceptors (Lipinski definition) is 5. The first-order chi connectivity index (χ1) is 9.99. The topological polar surface area (TPSA) is 61.8 Å². The predicted octanol–water partition coefficient (Wildman–Crippen LogP) is 2.67. The molecule has 5 nitrogen and oxygen atoms in total. The van der Waals surface area contributed by atoms with Crippen molar-refractivity contribution in [3.05, 3.63) is 42.0 Å². The number of methoxy groups -OCH3 is 1. The summed E-state index contributed by atoms with van der Waals surface area (Å²) in [7, 11) is 1.30. The summed E-state index contributed by atoms with van der Waals surface area (Å²) >= 11 is 0. The maximum Gasteiger partial charge on any atom is 0.340 e. The standard InChI is InChI=1S/C16H20O5/c1-5-6-9-20-12(3)15(17)21-14-10-13(16(18)19-4)8-7-11(14)2/h5,7-8,10,12H,1,6,9H2,2-4H3. The number of ether oxygens (including phenoxy) is 3. The molecule has 1 atom stereocenters. The van der Waals surface area contributed by atoms with Crippen molar-refractivity contribution in [1.29, 1.82) is 0 Å². The molecule has 0 spiro atoms. The van der Waals surface area contributed by atoms with Crippen LogP contribution in [0.2, 0.25) is 0 Å². The average Bonchev–Trinajstić information content (AvgIpc) is 2.48. The maximum absolute atomic E-state index is 11.9. The van der Waals surface area contributed by atoms with Crippen LogP contribution < -0.4 is 4.74 Å². The fraction of sp³-hybridized carbons (Fsp3) is 0.375. The first-order valence-electron chi connectivity index (χ1n) is 6.62. The summed E-state index contributed by atoms with van der Waals surface area (Å²) in [5.41, 5.74) is 1.07. The summed E-state index contributed by atoms with van der Waals surface area (Å²) in [6.45, 7) is 7.38. The molecule has 1 rings (SSSR count). The Morgan fingerprint density at radius 2 is 2.10 bits per heavy atom. The zero-order chi connectivity index (χ0) is 15.8. The molecule has 1 unspecified atom stereocenters. The van der Waals surface area contributed by atoms with Gasteiger partial charge in [0.15, 0.2) is 6.10 Å². The molecule has 0 saturated heterocycles. The molecule has 0 N–H and O–H groups in total. The number of carbonyl (C=O) groups excluding carboxylic acids is 2. The Hall–Kier alpha value is -2.14. The summed E-state index contributed by atoms with van der Waals surface area (Å²) in [6.07, 6.45) is 1.68. The van der Waals surface area contributed by atoms with E-state index in [1.165, 1.54) is 13.2 Å². The van der Waals surface area contributed by atoms with Gasteiger partial charge in [-0.2, -0.15) is 0 Å². The van der Waals surface area contributed by atoms with Crippen LogP contribution in [0.4, 0.5) is 0 Å². The highest BCUT2D eigenvalue weighted by molar-refractivity contribution is 5.90. The van der Waals surface area contributed by atoms with E-state index in [0.717, 1.165) is 5.56 Å². The summed E-state index contributed by atoms with van der Waals surface area (Å²) in [5, 5.41) is 0. The molecule has 0 amide bonds. The van der Waals surface area contributed by atoms with Crippen molar-refractivity contribution >= 4 is 11.9 Å². The second-order valence-corrected chi connectivity index (χ2v) is 4.48. The van der Waals surface area contributed by atoms with Crippen molar-refractivity contribution in [1.82, 2.24) is 0 Å². The van der Waals surface area contributed by atoms with Crippen LogP contribution >= 0.6 is 0 Å². The number of hydrogen-bond donors (Lipinski definition) is 0.